The summed E-state index contributed by atoms with van der Waals surface area (Å²) in [5, 5.41) is 10.2. The van der Waals surface area contributed by atoms with E-state index in [4.69, 9.17) is 9.47 Å². The molecule has 12 heteroatoms. The Bertz CT molecular complexity index is 1420. The van der Waals surface area contributed by atoms with Crippen LogP contribution in [0.2, 0.25) is 0 Å². The number of fused-ring (bicyclic) bond motifs is 1. The minimum Gasteiger partial charge on any atom is -0.494 e. The monoisotopic (exact) mass is 509 g/mol. The van der Waals surface area contributed by atoms with Gasteiger partial charge in [-0.2, -0.15) is 5.10 Å². The first-order valence-corrected chi connectivity index (χ1v) is 11.5. The highest BCUT2D eigenvalue weighted by Gasteiger charge is 2.23. The van der Waals surface area contributed by atoms with Crippen LogP contribution in [0.25, 0.3) is 22.0 Å². The van der Waals surface area contributed by atoms with Crippen LogP contribution >= 0.6 is 0 Å². The SMILES string of the molecule is COc1cc(OC)c(F)c(-c2ccc3c(NC(=O)c4cnc(N5CCN(C)CC5)nc4)n[nH]c3c2)c1F. The molecule has 0 saturated carbocycles. The van der Waals surface area contributed by atoms with Gasteiger partial charge in [0, 0.05) is 50.0 Å². The number of hydrogen-bond donors (Lipinski definition) is 2. The lowest BCUT2D eigenvalue weighted by atomic mass is 10.0. The number of rotatable bonds is 6. The molecule has 0 bridgehead atoms. The minimum absolute atomic E-state index is 0.147. The molecule has 2 aromatic heterocycles. The maximum atomic E-state index is 14.9. The number of likely N-dealkylation sites (N-methyl/N-ethyl adjacent to an activating group) is 1. The average molecular weight is 510 g/mol. The number of aromatic amines is 1. The van der Waals surface area contributed by atoms with Crippen molar-refractivity contribution in [1.29, 1.82) is 0 Å². The number of H-pyrrole nitrogens is 1. The van der Waals surface area contributed by atoms with Crippen molar-refractivity contribution in [3.8, 4) is 22.6 Å². The van der Waals surface area contributed by atoms with E-state index in [1.54, 1.807) is 6.07 Å². The fourth-order valence-corrected chi connectivity index (χ4v) is 4.20. The maximum Gasteiger partial charge on any atom is 0.260 e. The molecule has 4 aromatic rings. The molecule has 0 spiro atoms. The number of anilines is 2. The summed E-state index contributed by atoms with van der Waals surface area (Å²) in [4.78, 5) is 25.8. The minimum atomic E-state index is -0.854. The molecule has 10 nitrogen and oxygen atoms in total. The lowest BCUT2D eigenvalue weighted by Crippen LogP contribution is -2.45. The molecular weight excluding hydrogens is 484 g/mol. The average Bonchev–Trinajstić information content (AvgIpc) is 3.31. The fraction of sp³-hybridized carbons (Fsp3) is 0.280. The van der Waals surface area contributed by atoms with Crippen molar-refractivity contribution < 1.29 is 23.0 Å². The number of benzene rings is 2. The summed E-state index contributed by atoms with van der Waals surface area (Å²) in [7, 11) is 4.65. The highest BCUT2D eigenvalue weighted by atomic mass is 19.1. The predicted molar refractivity (Wildman–Crippen MR) is 134 cm³/mol. The standard InChI is InChI=1S/C25H25F2N7O3/c1-33-6-8-34(9-7-33)25-28-12-15(13-29-25)24(35)30-23-16-5-4-14(10-17(16)31-32-23)20-21(26)18(36-2)11-19(37-3)22(20)27/h4-5,10-13H,6-9H2,1-3H3,(H2,30,31,32,35). The number of aromatic nitrogens is 4. The van der Waals surface area contributed by atoms with E-state index in [1.807, 2.05) is 0 Å². The Morgan fingerprint density at radius 1 is 1.00 bits per heavy atom. The third-order valence-electron chi connectivity index (χ3n) is 6.34. The van der Waals surface area contributed by atoms with Crippen molar-refractivity contribution in [1.82, 2.24) is 25.1 Å². The number of ether oxygens (including phenoxy) is 2. The molecule has 3 heterocycles. The van der Waals surface area contributed by atoms with Gasteiger partial charge in [0.15, 0.2) is 29.0 Å². The van der Waals surface area contributed by atoms with Crippen LogP contribution in [-0.4, -0.2) is 78.4 Å². The van der Waals surface area contributed by atoms with E-state index in [2.05, 4.69) is 42.3 Å². The van der Waals surface area contributed by atoms with Gasteiger partial charge in [0.05, 0.1) is 30.9 Å². The zero-order valence-electron chi connectivity index (χ0n) is 20.5. The molecule has 37 heavy (non-hydrogen) atoms. The Morgan fingerprint density at radius 2 is 1.65 bits per heavy atom. The number of halogens is 2. The molecule has 0 aliphatic carbocycles. The summed E-state index contributed by atoms with van der Waals surface area (Å²) in [6, 6.07) is 5.83. The second-order valence-corrected chi connectivity index (χ2v) is 8.63. The van der Waals surface area contributed by atoms with E-state index < -0.39 is 17.5 Å². The zero-order chi connectivity index (χ0) is 26.1. The zero-order valence-corrected chi connectivity index (χ0v) is 20.5. The van der Waals surface area contributed by atoms with Gasteiger partial charge in [-0.15, -0.1) is 0 Å². The van der Waals surface area contributed by atoms with Gasteiger partial charge in [-0.1, -0.05) is 6.07 Å². The van der Waals surface area contributed by atoms with E-state index in [0.717, 1.165) is 32.2 Å². The molecule has 192 valence electrons. The summed E-state index contributed by atoms with van der Waals surface area (Å²) < 4.78 is 39.9. The lowest BCUT2D eigenvalue weighted by molar-refractivity contribution is 0.102. The molecule has 1 aliphatic heterocycles. The van der Waals surface area contributed by atoms with Crippen molar-refractivity contribution in [2.75, 3.05) is 57.7 Å². The van der Waals surface area contributed by atoms with E-state index in [9.17, 15) is 13.6 Å². The van der Waals surface area contributed by atoms with Crippen LogP contribution in [0.5, 0.6) is 11.5 Å². The van der Waals surface area contributed by atoms with Gasteiger partial charge in [-0.25, -0.2) is 18.7 Å². The van der Waals surface area contributed by atoms with Crippen molar-refractivity contribution in [2.24, 2.45) is 0 Å². The largest absolute Gasteiger partial charge is 0.494 e. The van der Waals surface area contributed by atoms with Crippen molar-refractivity contribution in [3.05, 3.63) is 53.9 Å². The molecule has 1 aliphatic rings. The Hall–Kier alpha value is -4.32. The van der Waals surface area contributed by atoms with E-state index in [1.165, 1.54) is 38.7 Å². The molecular formula is C25H25F2N7O3. The van der Waals surface area contributed by atoms with E-state index >= 15 is 0 Å². The van der Waals surface area contributed by atoms with E-state index in [-0.39, 0.29) is 34.0 Å². The highest BCUT2D eigenvalue weighted by Crippen LogP contribution is 2.38. The second kappa shape index (κ2) is 9.97. The number of methoxy groups -OCH3 is 2. The van der Waals surface area contributed by atoms with Crippen molar-refractivity contribution in [2.45, 2.75) is 0 Å². The number of nitrogens with zero attached hydrogens (tertiary/aromatic N) is 5. The predicted octanol–water partition coefficient (Wildman–Crippen LogP) is 3.32. The highest BCUT2D eigenvalue weighted by molar-refractivity contribution is 6.08. The number of carbonyl (C=O) groups excluding carboxylic acids is 1. The van der Waals surface area contributed by atoms with Gasteiger partial charge in [0.2, 0.25) is 5.95 Å². The molecule has 2 aromatic carbocycles. The number of piperazine rings is 1. The maximum absolute atomic E-state index is 14.9. The molecule has 5 rings (SSSR count). The van der Waals surface area contributed by atoms with Gasteiger partial charge >= 0.3 is 0 Å². The Kier molecular flexibility index (Phi) is 6.57. The Labute approximate surface area is 211 Å². The van der Waals surface area contributed by atoms with Crippen LogP contribution in [0.15, 0.2) is 36.7 Å². The van der Waals surface area contributed by atoms with Gasteiger partial charge in [0.25, 0.3) is 5.91 Å². The van der Waals surface area contributed by atoms with Gasteiger partial charge in [-0.05, 0) is 24.7 Å². The van der Waals surface area contributed by atoms with Gasteiger partial charge in [0.1, 0.15) is 0 Å². The Morgan fingerprint density at radius 3 is 2.27 bits per heavy atom. The molecule has 1 saturated heterocycles. The smallest absolute Gasteiger partial charge is 0.260 e. The molecule has 1 amide bonds. The van der Waals surface area contributed by atoms with Crippen molar-refractivity contribution >= 4 is 28.6 Å². The van der Waals surface area contributed by atoms with Crippen LogP contribution in [0.1, 0.15) is 10.4 Å². The van der Waals surface area contributed by atoms with E-state index in [0.29, 0.717) is 16.9 Å². The molecule has 2 N–H and O–H groups in total. The normalized spacial score (nSPS) is 14.1. The number of carbonyl (C=O) groups is 1. The molecule has 0 atom stereocenters. The van der Waals surface area contributed by atoms with Crippen LogP contribution in [0.4, 0.5) is 20.5 Å². The van der Waals surface area contributed by atoms with Gasteiger partial charge in [-0.3, -0.25) is 9.89 Å². The first kappa shape index (κ1) is 24.4. The topological polar surface area (TPSA) is 108 Å². The summed E-state index contributed by atoms with van der Waals surface area (Å²) >= 11 is 0. The van der Waals surface area contributed by atoms with Crippen LogP contribution in [0.3, 0.4) is 0 Å². The quantitative estimate of drug-likeness (QED) is 0.408. The van der Waals surface area contributed by atoms with Crippen LogP contribution in [-0.2, 0) is 0 Å². The molecule has 1 fully saturated rings. The summed E-state index contributed by atoms with van der Waals surface area (Å²) in [5.41, 5.74) is 0.693. The number of hydrogen-bond acceptors (Lipinski definition) is 8. The summed E-state index contributed by atoms with van der Waals surface area (Å²) in [5.74, 6) is -1.59. The first-order valence-electron chi connectivity index (χ1n) is 11.5. The lowest BCUT2D eigenvalue weighted by Gasteiger charge is -2.32. The number of nitrogens with one attached hydrogen (secondary N) is 2. The second-order valence-electron chi connectivity index (χ2n) is 8.63. The first-order chi connectivity index (χ1) is 17.9. The summed E-state index contributed by atoms with van der Waals surface area (Å²) in [6.07, 6.45) is 2.95. The van der Waals surface area contributed by atoms with Gasteiger partial charge < -0.3 is 24.6 Å². The van der Waals surface area contributed by atoms with Crippen LogP contribution in [0, 0.1) is 11.6 Å². The fourth-order valence-electron chi connectivity index (χ4n) is 4.20. The molecule has 0 unspecified atom stereocenters. The number of amides is 1. The van der Waals surface area contributed by atoms with Crippen molar-refractivity contribution in [3.63, 3.8) is 0 Å². The third-order valence-corrected chi connectivity index (χ3v) is 6.34. The molecule has 0 radical (unpaired) electrons. The summed E-state index contributed by atoms with van der Waals surface area (Å²) in [6.45, 7) is 3.48. The third kappa shape index (κ3) is 4.62. The Balaban J connectivity index is 1.37. The van der Waals surface area contributed by atoms with Crippen LogP contribution < -0.4 is 19.7 Å².